The molecular weight excluding hydrogens is 338 g/mol. The van der Waals surface area contributed by atoms with Crippen molar-refractivity contribution in [1.29, 1.82) is 0 Å². The van der Waals surface area contributed by atoms with Crippen LogP contribution in [0.1, 0.15) is 16.7 Å². The van der Waals surface area contributed by atoms with E-state index in [4.69, 9.17) is 4.74 Å². The van der Waals surface area contributed by atoms with Crippen LogP contribution in [-0.2, 0) is 20.2 Å². The van der Waals surface area contributed by atoms with Crippen LogP contribution in [0, 0.1) is 6.92 Å². The Hall–Kier alpha value is -3.41. The molecule has 0 bridgehead atoms. The summed E-state index contributed by atoms with van der Waals surface area (Å²) in [5, 5.41) is 17.2. The minimum Gasteiger partial charge on any atom is -0.489 e. The number of aromatic nitrogens is 4. The number of nitrogens with zero attached hydrogens (tertiary/aromatic N) is 4. The van der Waals surface area contributed by atoms with Gasteiger partial charge in [-0.2, -0.15) is 0 Å². The van der Waals surface area contributed by atoms with Crippen LogP contribution >= 0.6 is 0 Å². The van der Waals surface area contributed by atoms with E-state index in [9.17, 15) is 0 Å². The zero-order valence-electron chi connectivity index (χ0n) is 15.4. The Labute approximate surface area is 157 Å². The summed E-state index contributed by atoms with van der Waals surface area (Å²) in [7, 11) is 1.81. The van der Waals surface area contributed by atoms with Gasteiger partial charge in [0.25, 0.3) is 0 Å². The number of nitrogens with one attached hydrogen (secondary N) is 1. The van der Waals surface area contributed by atoms with Gasteiger partial charge in [0, 0.05) is 19.2 Å². The van der Waals surface area contributed by atoms with Gasteiger partial charge in [-0.15, -0.1) is 0 Å². The molecule has 4 aromatic rings. The predicted octanol–water partition coefficient (Wildman–Crippen LogP) is 3.86. The van der Waals surface area contributed by atoms with Gasteiger partial charge in [-0.3, -0.25) is 0 Å². The van der Waals surface area contributed by atoms with Gasteiger partial charge in [-0.1, -0.05) is 59.7 Å². The van der Waals surface area contributed by atoms with E-state index in [1.807, 2.05) is 30.3 Å². The van der Waals surface area contributed by atoms with Crippen LogP contribution in [0.25, 0.3) is 10.8 Å². The second-order valence-electron chi connectivity index (χ2n) is 6.46. The van der Waals surface area contributed by atoms with Crippen molar-refractivity contribution in [3.63, 3.8) is 0 Å². The number of hydrogen-bond donors (Lipinski definition) is 1. The molecule has 0 saturated carbocycles. The average molecular weight is 359 g/mol. The lowest BCUT2D eigenvalue weighted by atomic mass is 10.0. The quantitative estimate of drug-likeness (QED) is 0.566. The van der Waals surface area contributed by atoms with E-state index in [1.165, 1.54) is 16.5 Å². The fraction of sp³-hybridized carbons (Fsp3) is 0.190. The maximum Gasteiger partial charge on any atom is 0.242 e. The molecule has 1 heterocycles. The highest BCUT2D eigenvalue weighted by molar-refractivity contribution is 5.88. The summed E-state index contributed by atoms with van der Waals surface area (Å²) < 4.78 is 7.82. The SMILES string of the molecule is Cc1ccccc1COc1ccc2ccccc2c1CNc1nnnn1C. The third-order valence-electron chi connectivity index (χ3n) is 4.69. The summed E-state index contributed by atoms with van der Waals surface area (Å²) in [5.41, 5.74) is 3.50. The Kier molecular flexibility index (Phi) is 4.70. The van der Waals surface area contributed by atoms with Gasteiger partial charge >= 0.3 is 0 Å². The van der Waals surface area contributed by atoms with Crippen molar-refractivity contribution < 1.29 is 4.74 Å². The van der Waals surface area contributed by atoms with Crippen molar-refractivity contribution in [1.82, 2.24) is 20.2 Å². The van der Waals surface area contributed by atoms with E-state index < -0.39 is 0 Å². The van der Waals surface area contributed by atoms with Gasteiger partial charge < -0.3 is 10.1 Å². The third-order valence-corrected chi connectivity index (χ3v) is 4.69. The molecule has 0 atom stereocenters. The number of anilines is 1. The molecule has 0 aliphatic carbocycles. The number of fused-ring (bicyclic) bond motifs is 1. The summed E-state index contributed by atoms with van der Waals surface area (Å²) in [6, 6.07) is 20.7. The molecule has 0 fully saturated rings. The molecule has 0 amide bonds. The Bertz CT molecular complexity index is 1070. The molecule has 6 nitrogen and oxygen atoms in total. The summed E-state index contributed by atoms with van der Waals surface area (Å²) in [6.07, 6.45) is 0. The smallest absolute Gasteiger partial charge is 0.242 e. The molecule has 6 heteroatoms. The minimum atomic E-state index is 0.531. The van der Waals surface area contributed by atoms with Gasteiger partial charge in [0.2, 0.25) is 5.95 Å². The fourth-order valence-electron chi connectivity index (χ4n) is 3.11. The molecule has 3 aromatic carbocycles. The molecule has 0 saturated heterocycles. The van der Waals surface area contributed by atoms with Crippen LogP contribution in [0.4, 0.5) is 5.95 Å². The fourth-order valence-corrected chi connectivity index (χ4v) is 3.11. The van der Waals surface area contributed by atoms with Crippen LogP contribution in [0.2, 0.25) is 0 Å². The Balaban J connectivity index is 1.64. The van der Waals surface area contributed by atoms with E-state index in [1.54, 1.807) is 11.7 Å². The van der Waals surface area contributed by atoms with Gasteiger partial charge in [0.15, 0.2) is 0 Å². The van der Waals surface area contributed by atoms with Crippen LogP contribution in [0.5, 0.6) is 5.75 Å². The largest absolute Gasteiger partial charge is 0.489 e. The number of ether oxygens (including phenoxy) is 1. The maximum absolute atomic E-state index is 6.21. The van der Waals surface area contributed by atoms with E-state index in [0.717, 1.165) is 16.7 Å². The zero-order valence-corrected chi connectivity index (χ0v) is 15.4. The molecule has 1 N–H and O–H groups in total. The second-order valence-corrected chi connectivity index (χ2v) is 6.46. The van der Waals surface area contributed by atoms with Crippen LogP contribution in [-0.4, -0.2) is 20.2 Å². The van der Waals surface area contributed by atoms with Crippen molar-refractivity contribution >= 4 is 16.7 Å². The average Bonchev–Trinajstić information content (AvgIpc) is 3.10. The first-order valence-electron chi connectivity index (χ1n) is 8.86. The lowest BCUT2D eigenvalue weighted by molar-refractivity contribution is 0.303. The molecule has 0 unspecified atom stereocenters. The van der Waals surface area contributed by atoms with Gasteiger partial charge in [0.1, 0.15) is 12.4 Å². The zero-order chi connectivity index (χ0) is 18.6. The van der Waals surface area contributed by atoms with E-state index in [-0.39, 0.29) is 0 Å². The van der Waals surface area contributed by atoms with Crippen molar-refractivity contribution in [2.75, 3.05) is 5.32 Å². The molecule has 4 rings (SSSR count). The highest BCUT2D eigenvalue weighted by atomic mass is 16.5. The topological polar surface area (TPSA) is 64.9 Å². The molecule has 136 valence electrons. The molecule has 0 aliphatic heterocycles. The van der Waals surface area contributed by atoms with Crippen molar-refractivity contribution in [3.05, 3.63) is 77.4 Å². The lowest BCUT2D eigenvalue weighted by Gasteiger charge is -2.16. The third kappa shape index (κ3) is 3.60. The summed E-state index contributed by atoms with van der Waals surface area (Å²) in [4.78, 5) is 0. The second kappa shape index (κ2) is 7.45. The Morgan fingerprint density at radius 3 is 2.63 bits per heavy atom. The number of aryl methyl sites for hydroxylation is 2. The Morgan fingerprint density at radius 2 is 1.81 bits per heavy atom. The summed E-state index contributed by atoms with van der Waals surface area (Å²) in [6.45, 7) is 3.20. The highest BCUT2D eigenvalue weighted by Gasteiger charge is 2.11. The standard InChI is InChI=1S/C21H21N5O/c1-15-7-3-4-9-17(15)14-27-20-12-11-16-8-5-6-10-18(16)19(20)13-22-21-23-24-25-26(21)2/h3-12H,13-14H2,1-2H3,(H,22,23,25). The predicted molar refractivity (Wildman–Crippen MR) is 106 cm³/mol. The number of tetrazole rings is 1. The van der Waals surface area contributed by atoms with E-state index in [2.05, 4.69) is 58.1 Å². The first-order chi connectivity index (χ1) is 13.2. The molecule has 0 radical (unpaired) electrons. The number of benzene rings is 3. The van der Waals surface area contributed by atoms with Gasteiger partial charge in [-0.05, 0) is 45.3 Å². The van der Waals surface area contributed by atoms with Crippen molar-refractivity contribution in [2.45, 2.75) is 20.1 Å². The van der Waals surface area contributed by atoms with E-state index >= 15 is 0 Å². The molecule has 27 heavy (non-hydrogen) atoms. The molecular formula is C21H21N5O. The molecule has 0 spiro atoms. The summed E-state index contributed by atoms with van der Waals surface area (Å²) in [5.74, 6) is 1.48. The normalized spacial score (nSPS) is 10.9. The monoisotopic (exact) mass is 359 g/mol. The minimum absolute atomic E-state index is 0.531. The Morgan fingerprint density at radius 1 is 1.00 bits per heavy atom. The number of hydrogen-bond acceptors (Lipinski definition) is 5. The number of rotatable bonds is 6. The first kappa shape index (κ1) is 17.0. The highest BCUT2D eigenvalue weighted by Crippen LogP contribution is 2.29. The van der Waals surface area contributed by atoms with Gasteiger partial charge in [-0.25, -0.2) is 4.68 Å². The van der Waals surface area contributed by atoms with E-state index in [0.29, 0.717) is 19.1 Å². The lowest BCUT2D eigenvalue weighted by Crippen LogP contribution is -2.08. The maximum atomic E-state index is 6.21. The van der Waals surface area contributed by atoms with Crippen LogP contribution in [0.3, 0.4) is 0 Å². The van der Waals surface area contributed by atoms with Crippen LogP contribution in [0.15, 0.2) is 60.7 Å². The first-order valence-corrected chi connectivity index (χ1v) is 8.86. The van der Waals surface area contributed by atoms with Crippen LogP contribution < -0.4 is 10.1 Å². The van der Waals surface area contributed by atoms with Crippen molar-refractivity contribution in [3.8, 4) is 5.75 Å². The molecule has 1 aromatic heterocycles. The van der Waals surface area contributed by atoms with Gasteiger partial charge in [0.05, 0.1) is 0 Å². The summed E-state index contributed by atoms with van der Waals surface area (Å²) >= 11 is 0. The van der Waals surface area contributed by atoms with Crippen molar-refractivity contribution in [2.24, 2.45) is 7.05 Å². The molecule has 0 aliphatic rings.